The summed E-state index contributed by atoms with van der Waals surface area (Å²) >= 11 is 1.66. The number of hydrogen-bond acceptors (Lipinski definition) is 3. The van der Waals surface area contributed by atoms with Gasteiger partial charge in [0.1, 0.15) is 5.75 Å². The zero-order valence-electron chi connectivity index (χ0n) is 12.5. The van der Waals surface area contributed by atoms with Crippen LogP contribution in [-0.4, -0.2) is 25.1 Å². The number of nitrogens with zero attached hydrogens (tertiary/aromatic N) is 1. The first-order chi connectivity index (χ1) is 10.1. The second-order valence-electron chi connectivity index (χ2n) is 4.81. The molecule has 21 heavy (non-hydrogen) atoms. The van der Waals surface area contributed by atoms with Crippen molar-refractivity contribution >= 4 is 17.4 Å². The average molecular weight is 304 g/mol. The number of carbonyl (C=O) groups is 1. The molecule has 0 radical (unpaired) electrons. The molecule has 1 N–H and O–H groups in total. The minimum atomic E-state index is -0.0771. The van der Waals surface area contributed by atoms with Crippen molar-refractivity contribution in [2.45, 2.75) is 19.5 Å². The number of carbonyl (C=O) groups excluding carboxylic acids is 1. The quantitative estimate of drug-likeness (QED) is 0.916. The van der Waals surface area contributed by atoms with Crippen LogP contribution in [0.4, 0.5) is 4.79 Å². The van der Waals surface area contributed by atoms with Crippen molar-refractivity contribution < 1.29 is 9.53 Å². The molecular formula is C16H20N2O2S. The smallest absolute Gasteiger partial charge is 0.317 e. The molecule has 1 aromatic carbocycles. The van der Waals surface area contributed by atoms with E-state index in [9.17, 15) is 4.79 Å². The van der Waals surface area contributed by atoms with E-state index >= 15 is 0 Å². The fourth-order valence-corrected chi connectivity index (χ4v) is 2.77. The van der Waals surface area contributed by atoms with Gasteiger partial charge in [0.15, 0.2) is 0 Å². The normalized spacial score (nSPS) is 11.8. The molecule has 1 heterocycles. The molecule has 4 nitrogen and oxygen atoms in total. The van der Waals surface area contributed by atoms with Gasteiger partial charge < -0.3 is 15.0 Å². The first-order valence-electron chi connectivity index (χ1n) is 6.79. The lowest BCUT2D eigenvalue weighted by Crippen LogP contribution is -2.38. The highest BCUT2D eigenvalue weighted by atomic mass is 32.1. The summed E-state index contributed by atoms with van der Waals surface area (Å²) in [5.41, 5.74) is 1.04. The maximum Gasteiger partial charge on any atom is 0.317 e. The van der Waals surface area contributed by atoms with Gasteiger partial charge in [-0.05, 0) is 36.1 Å². The van der Waals surface area contributed by atoms with Gasteiger partial charge in [-0.3, -0.25) is 0 Å². The number of thiophene rings is 1. The summed E-state index contributed by atoms with van der Waals surface area (Å²) in [6.07, 6.45) is 0. The highest BCUT2D eigenvalue weighted by molar-refractivity contribution is 7.10. The van der Waals surface area contributed by atoms with E-state index in [2.05, 4.69) is 5.32 Å². The number of methoxy groups -OCH3 is 1. The number of ether oxygens (including phenoxy) is 1. The Morgan fingerprint density at radius 3 is 2.62 bits per heavy atom. The van der Waals surface area contributed by atoms with Gasteiger partial charge in [-0.25, -0.2) is 4.79 Å². The molecule has 0 aliphatic rings. The fourth-order valence-electron chi connectivity index (χ4n) is 1.94. The van der Waals surface area contributed by atoms with Crippen LogP contribution in [0.25, 0.3) is 0 Å². The van der Waals surface area contributed by atoms with E-state index in [1.807, 2.05) is 55.7 Å². The Morgan fingerprint density at radius 2 is 2.05 bits per heavy atom. The molecule has 0 saturated heterocycles. The molecule has 2 aromatic rings. The van der Waals surface area contributed by atoms with Crippen LogP contribution in [0.1, 0.15) is 23.4 Å². The molecular weight excluding hydrogens is 284 g/mol. The molecule has 0 fully saturated rings. The largest absolute Gasteiger partial charge is 0.497 e. The zero-order valence-corrected chi connectivity index (χ0v) is 13.3. The first-order valence-corrected chi connectivity index (χ1v) is 7.66. The number of amides is 2. The number of hydrogen-bond donors (Lipinski definition) is 1. The third-order valence-corrected chi connectivity index (χ3v) is 4.50. The Balaban J connectivity index is 1.88. The van der Waals surface area contributed by atoms with Gasteiger partial charge in [0.05, 0.1) is 13.2 Å². The van der Waals surface area contributed by atoms with Crippen LogP contribution in [-0.2, 0) is 6.54 Å². The van der Waals surface area contributed by atoms with Crippen LogP contribution < -0.4 is 10.1 Å². The third-order valence-electron chi connectivity index (χ3n) is 3.46. The van der Waals surface area contributed by atoms with E-state index in [0.717, 1.165) is 11.3 Å². The van der Waals surface area contributed by atoms with Crippen molar-refractivity contribution in [3.8, 4) is 5.75 Å². The van der Waals surface area contributed by atoms with Crippen molar-refractivity contribution in [1.82, 2.24) is 10.2 Å². The van der Waals surface area contributed by atoms with E-state index in [1.54, 1.807) is 23.3 Å². The molecule has 2 amide bonds. The molecule has 0 spiro atoms. The Morgan fingerprint density at radius 1 is 1.33 bits per heavy atom. The lowest BCUT2D eigenvalue weighted by molar-refractivity contribution is 0.194. The molecule has 1 atom stereocenters. The standard InChI is InChI=1S/C16H20N2O2S/c1-12(15-5-4-10-21-15)18(2)16(19)17-11-13-6-8-14(20-3)9-7-13/h4-10,12H,11H2,1-3H3,(H,17,19). The third kappa shape index (κ3) is 3.98. The Bertz CT molecular complexity index is 566. The Hall–Kier alpha value is -2.01. The molecule has 0 aliphatic carbocycles. The van der Waals surface area contributed by atoms with Crippen molar-refractivity contribution in [1.29, 1.82) is 0 Å². The van der Waals surface area contributed by atoms with Gasteiger partial charge in [-0.1, -0.05) is 18.2 Å². The summed E-state index contributed by atoms with van der Waals surface area (Å²) in [7, 11) is 3.45. The minimum Gasteiger partial charge on any atom is -0.497 e. The zero-order chi connectivity index (χ0) is 15.2. The highest BCUT2D eigenvalue weighted by Crippen LogP contribution is 2.23. The molecule has 5 heteroatoms. The van der Waals surface area contributed by atoms with Crippen LogP contribution in [0.15, 0.2) is 41.8 Å². The average Bonchev–Trinajstić information content (AvgIpc) is 3.06. The minimum absolute atomic E-state index is 0.0702. The first kappa shape index (κ1) is 15.4. The topological polar surface area (TPSA) is 41.6 Å². The number of rotatable bonds is 5. The van der Waals surface area contributed by atoms with Crippen LogP contribution >= 0.6 is 11.3 Å². The maximum atomic E-state index is 12.2. The lowest BCUT2D eigenvalue weighted by atomic mass is 10.2. The van der Waals surface area contributed by atoms with Crippen LogP contribution in [0.2, 0.25) is 0 Å². The molecule has 1 unspecified atom stereocenters. The van der Waals surface area contributed by atoms with E-state index < -0.39 is 0 Å². The summed E-state index contributed by atoms with van der Waals surface area (Å²) in [5, 5.41) is 4.95. The van der Waals surface area contributed by atoms with E-state index in [-0.39, 0.29) is 12.1 Å². The Labute approximate surface area is 129 Å². The van der Waals surface area contributed by atoms with Gasteiger partial charge in [-0.15, -0.1) is 11.3 Å². The van der Waals surface area contributed by atoms with Crippen LogP contribution in [0.5, 0.6) is 5.75 Å². The van der Waals surface area contributed by atoms with Gasteiger partial charge in [-0.2, -0.15) is 0 Å². The summed E-state index contributed by atoms with van der Waals surface area (Å²) in [4.78, 5) is 15.1. The van der Waals surface area contributed by atoms with E-state index in [0.29, 0.717) is 6.54 Å². The Kier molecular flexibility index (Phi) is 5.22. The number of benzene rings is 1. The lowest BCUT2D eigenvalue weighted by Gasteiger charge is -2.24. The van der Waals surface area contributed by atoms with E-state index in [1.165, 1.54) is 4.88 Å². The molecule has 0 aliphatic heterocycles. The summed E-state index contributed by atoms with van der Waals surface area (Å²) in [6.45, 7) is 2.53. The summed E-state index contributed by atoms with van der Waals surface area (Å²) in [5.74, 6) is 0.813. The SMILES string of the molecule is COc1ccc(CNC(=O)N(C)C(C)c2cccs2)cc1. The van der Waals surface area contributed by atoms with Gasteiger partial charge in [0.2, 0.25) is 0 Å². The second kappa shape index (κ2) is 7.13. The van der Waals surface area contributed by atoms with Crippen molar-refractivity contribution in [2.24, 2.45) is 0 Å². The van der Waals surface area contributed by atoms with Gasteiger partial charge in [0, 0.05) is 18.5 Å². The molecule has 112 valence electrons. The molecule has 0 bridgehead atoms. The van der Waals surface area contributed by atoms with Gasteiger partial charge >= 0.3 is 6.03 Å². The predicted molar refractivity (Wildman–Crippen MR) is 85.7 cm³/mol. The summed E-state index contributed by atoms with van der Waals surface area (Å²) in [6, 6.07) is 11.7. The molecule has 1 aromatic heterocycles. The van der Waals surface area contributed by atoms with Crippen molar-refractivity contribution in [2.75, 3.05) is 14.2 Å². The van der Waals surface area contributed by atoms with Crippen molar-refractivity contribution in [3.63, 3.8) is 0 Å². The molecule has 2 rings (SSSR count). The second-order valence-corrected chi connectivity index (χ2v) is 5.79. The maximum absolute atomic E-state index is 12.2. The van der Waals surface area contributed by atoms with Crippen LogP contribution in [0, 0.1) is 0 Å². The predicted octanol–water partition coefficient (Wildman–Crippen LogP) is 3.66. The fraction of sp³-hybridized carbons (Fsp3) is 0.312. The van der Waals surface area contributed by atoms with Crippen molar-refractivity contribution in [3.05, 3.63) is 52.2 Å². The monoisotopic (exact) mass is 304 g/mol. The number of nitrogens with one attached hydrogen (secondary N) is 1. The summed E-state index contributed by atoms with van der Waals surface area (Å²) < 4.78 is 5.11. The molecule has 0 saturated carbocycles. The van der Waals surface area contributed by atoms with Crippen LogP contribution in [0.3, 0.4) is 0 Å². The van der Waals surface area contributed by atoms with E-state index in [4.69, 9.17) is 4.74 Å². The number of urea groups is 1. The van der Waals surface area contributed by atoms with Gasteiger partial charge in [0.25, 0.3) is 0 Å². The highest BCUT2D eigenvalue weighted by Gasteiger charge is 2.17.